The molecule has 0 aromatic carbocycles. The summed E-state index contributed by atoms with van der Waals surface area (Å²) in [4.78, 5) is 11.7. The minimum absolute atomic E-state index is 0.658. The molecule has 1 aromatic rings. The van der Waals surface area contributed by atoms with Crippen molar-refractivity contribution in [2.75, 3.05) is 18.0 Å². The molecule has 0 N–H and O–H groups in total. The van der Waals surface area contributed by atoms with E-state index in [2.05, 4.69) is 16.0 Å². The molecular weight excluding hydrogens is 234 g/mol. The fraction of sp³-hybridized carbons (Fsp3) is 0.750. The Hall–Kier alpha value is -1.12. The molecule has 3 nitrogen and oxygen atoms in total. The zero-order valence-corrected chi connectivity index (χ0v) is 11.6. The predicted molar refractivity (Wildman–Crippen MR) is 76.4 cm³/mol. The SMILES string of the molecule is c1cc(N2CCC3(CCCC3)CC2)nc(C2CC2)n1. The normalized spacial score (nSPS) is 26.0. The summed E-state index contributed by atoms with van der Waals surface area (Å²) in [5.41, 5.74) is 0.697. The van der Waals surface area contributed by atoms with Crippen LogP contribution < -0.4 is 4.90 Å². The first-order valence-corrected chi connectivity index (χ1v) is 7.93. The summed E-state index contributed by atoms with van der Waals surface area (Å²) in [6.45, 7) is 2.39. The maximum Gasteiger partial charge on any atom is 0.133 e. The second-order valence-corrected chi connectivity index (χ2v) is 6.74. The largest absolute Gasteiger partial charge is 0.356 e. The van der Waals surface area contributed by atoms with E-state index in [0.29, 0.717) is 11.3 Å². The maximum absolute atomic E-state index is 4.79. The molecule has 2 aliphatic carbocycles. The molecule has 1 aromatic heterocycles. The van der Waals surface area contributed by atoms with Crippen molar-refractivity contribution in [2.24, 2.45) is 5.41 Å². The van der Waals surface area contributed by atoms with Crippen molar-refractivity contribution < 1.29 is 0 Å². The molecule has 0 bridgehead atoms. The van der Waals surface area contributed by atoms with Crippen LogP contribution in [0.25, 0.3) is 0 Å². The summed E-state index contributed by atoms with van der Waals surface area (Å²) >= 11 is 0. The Balaban J connectivity index is 1.47. The number of piperidine rings is 1. The molecule has 0 atom stereocenters. The van der Waals surface area contributed by atoms with Gasteiger partial charge in [-0.25, -0.2) is 9.97 Å². The Morgan fingerprint density at radius 1 is 1.05 bits per heavy atom. The smallest absolute Gasteiger partial charge is 0.133 e. The monoisotopic (exact) mass is 257 g/mol. The number of anilines is 1. The Labute approximate surface area is 115 Å². The van der Waals surface area contributed by atoms with Crippen molar-refractivity contribution >= 4 is 5.82 Å². The van der Waals surface area contributed by atoms with Gasteiger partial charge in [-0.3, -0.25) is 0 Å². The van der Waals surface area contributed by atoms with Gasteiger partial charge in [0.1, 0.15) is 11.6 Å². The number of hydrogen-bond donors (Lipinski definition) is 0. The van der Waals surface area contributed by atoms with Crippen molar-refractivity contribution in [1.82, 2.24) is 9.97 Å². The highest BCUT2D eigenvalue weighted by molar-refractivity contribution is 5.39. The number of hydrogen-bond acceptors (Lipinski definition) is 3. The van der Waals surface area contributed by atoms with Gasteiger partial charge in [0, 0.05) is 25.2 Å². The molecule has 4 rings (SSSR count). The van der Waals surface area contributed by atoms with E-state index in [4.69, 9.17) is 4.98 Å². The van der Waals surface area contributed by atoms with Crippen molar-refractivity contribution in [2.45, 2.75) is 57.3 Å². The number of nitrogens with zero attached hydrogens (tertiary/aromatic N) is 3. The van der Waals surface area contributed by atoms with Crippen LogP contribution in [0, 0.1) is 5.41 Å². The fourth-order valence-electron chi connectivity index (χ4n) is 3.91. The average molecular weight is 257 g/mol. The zero-order chi connectivity index (χ0) is 12.7. The molecule has 2 saturated carbocycles. The average Bonchev–Trinajstić information content (AvgIpc) is 3.22. The second-order valence-electron chi connectivity index (χ2n) is 6.74. The third-order valence-electron chi connectivity index (χ3n) is 5.41. The molecule has 2 heterocycles. The zero-order valence-electron chi connectivity index (χ0n) is 11.6. The van der Waals surface area contributed by atoms with Gasteiger partial charge < -0.3 is 4.90 Å². The summed E-state index contributed by atoms with van der Waals surface area (Å²) in [6.07, 6.45) is 13.1. The van der Waals surface area contributed by atoms with Gasteiger partial charge in [0.25, 0.3) is 0 Å². The van der Waals surface area contributed by atoms with E-state index in [-0.39, 0.29) is 0 Å². The van der Waals surface area contributed by atoms with Gasteiger partial charge in [-0.2, -0.15) is 0 Å². The fourth-order valence-corrected chi connectivity index (χ4v) is 3.91. The molecule has 19 heavy (non-hydrogen) atoms. The number of rotatable bonds is 2. The van der Waals surface area contributed by atoms with E-state index in [9.17, 15) is 0 Å². The summed E-state index contributed by atoms with van der Waals surface area (Å²) < 4.78 is 0. The highest BCUT2D eigenvalue weighted by Gasteiger charge is 2.37. The first-order valence-electron chi connectivity index (χ1n) is 7.93. The standard InChI is InChI=1S/C16H23N3/c1-2-7-16(6-1)8-11-19(12-9-16)14-5-10-17-15(18-14)13-3-4-13/h5,10,13H,1-4,6-9,11-12H2. The minimum atomic E-state index is 0.658. The lowest BCUT2D eigenvalue weighted by molar-refractivity contribution is 0.226. The highest BCUT2D eigenvalue weighted by atomic mass is 15.2. The molecule has 0 radical (unpaired) electrons. The molecule has 0 unspecified atom stereocenters. The van der Waals surface area contributed by atoms with Crippen LogP contribution in [0.2, 0.25) is 0 Å². The van der Waals surface area contributed by atoms with Crippen molar-refractivity contribution in [3.63, 3.8) is 0 Å². The highest BCUT2D eigenvalue weighted by Crippen LogP contribution is 2.46. The first-order chi connectivity index (χ1) is 9.35. The van der Waals surface area contributed by atoms with Crippen molar-refractivity contribution in [1.29, 1.82) is 0 Å². The van der Waals surface area contributed by atoms with Crippen LogP contribution in [0.5, 0.6) is 0 Å². The van der Waals surface area contributed by atoms with Gasteiger partial charge in [0.2, 0.25) is 0 Å². The van der Waals surface area contributed by atoms with Crippen LogP contribution in [0.1, 0.15) is 63.1 Å². The molecule has 3 fully saturated rings. The third kappa shape index (κ3) is 2.24. The van der Waals surface area contributed by atoms with Gasteiger partial charge >= 0.3 is 0 Å². The van der Waals surface area contributed by atoms with Crippen LogP contribution in [0.15, 0.2) is 12.3 Å². The molecule has 1 spiro atoms. The molecule has 1 aliphatic heterocycles. The predicted octanol–water partition coefficient (Wildman–Crippen LogP) is 3.51. The maximum atomic E-state index is 4.79. The van der Waals surface area contributed by atoms with E-state index in [0.717, 1.165) is 5.82 Å². The van der Waals surface area contributed by atoms with Gasteiger partial charge in [0.05, 0.1) is 0 Å². The summed E-state index contributed by atoms with van der Waals surface area (Å²) in [7, 11) is 0. The Bertz CT molecular complexity index is 451. The number of aromatic nitrogens is 2. The van der Waals surface area contributed by atoms with Crippen LogP contribution in [-0.2, 0) is 0 Å². The third-order valence-corrected chi connectivity index (χ3v) is 5.41. The van der Waals surface area contributed by atoms with Gasteiger partial charge in [-0.1, -0.05) is 12.8 Å². The van der Waals surface area contributed by atoms with E-state index in [1.807, 2.05) is 6.20 Å². The van der Waals surface area contributed by atoms with Crippen LogP contribution in [-0.4, -0.2) is 23.1 Å². The molecule has 0 amide bonds. The quantitative estimate of drug-likeness (QED) is 0.811. The summed E-state index contributed by atoms with van der Waals surface area (Å²) in [5, 5.41) is 0. The molecule has 3 heteroatoms. The minimum Gasteiger partial charge on any atom is -0.356 e. The Kier molecular flexibility index (Phi) is 2.75. The van der Waals surface area contributed by atoms with Crippen molar-refractivity contribution in [3.8, 4) is 0 Å². The Morgan fingerprint density at radius 2 is 1.79 bits per heavy atom. The second kappa shape index (κ2) is 4.46. The molecule has 1 saturated heterocycles. The lowest BCUT2D eigenvalue weighted by atomic mass is 9.77. The topological polar surface area (TPSA) is 29.0 Å². The van der Waals surface area contributed by atoms with E-state index in [1.54, 1.807) is 0 Å². The molecule has 102 valence electrons. The van der Waals surface area contributed by atoms with Crippen LogP contribution in [0.3, 0.4) is 0 Å². The molecular formula is C16H23N3. The van der Waals surface area contributed by atoms with E-state index in [1.165, 1.54) is 70.3 Å². The molecule has 3 aliphatic rings. The van der Waals surface area contributed by atoms with Crippen LogP contribution >= 0.6 is 0 Å². The lowest BCUT2D eigenvalue weighted by Crippen LogP contribution is -2.39. The van der Waals surface area contributed by atoms with E-state index < -0.39 is 0 Å². The Morgan fingerprint density at radius 3 is 2.47 bits per heavy atom. The van der Waals surface area contributed by atoms with Gasteiger partial charge in [0.15, 0.2) is 0 Å². The van der Waals surface area contributed by atoms with Crippen LogP contribution in [0.4, 0.5) is 5.82 Å². The van der Waals surface area contributed by atoms with Gasteiger partial charge in [-0.05, 0) is 50.0 Å². The lowest BCUT2D eigenvalue weighted by Gasteiger charge is -2.40. The van der Waals surface area contributed by atoms with E-state index >= 15 is 0 Å². The first kappa shape index (κ1) is 11.7. The summed E-state index contributed by atoms with van der Waals surface area (Å²) in [6, 6.07) is 2.10. The van der Waals surface area contributed by atoms with Gasteiger partial charge in [-0.15, -0.1) is 0 Å². The van der Waals surface area contributed by atoms with Crippen molar-refractivity contribution in [3.05, 3.63) is 18.1 Å². The summed E-state index contributed by atoms with van der Waals surface area (Å²) in [5.74, 6) is 2.91.